The Morgan fingerprint density at radius 1 is 1.29 bits per heavy atom. The molecule has 0 radical (unpaired) electrons. The van der Waals surface area contributed by atoms with Crippen LogP contribution in [-0.2, 0) is 15.7 Å². The summed E-state index contributed by atoms with van der Waals surface area (Å²) in [5.74, 6) is 0.904. The minimum Gasteiger partial charge on any atom is -0.385 e. The first-order chi connectivity index (χ1) is 8.09. The minimum atomic E-state index is -2.86. The molecule has 0 aromatic heterocycles. The van der Waals surface area contributed by atoms with E-state index >= 15 is 0 Å². The lowest BCUT2D eigenvalue weighted by atomic mass is 10.2. The predicted molar refractivity (Wildman–Crippen MR) is 73.4 cm³/mol. The maximum absolute atomic E-state index is 11.3. The Kier molecular flexibility index (Phi) is 5.78. The zero-order valence-electron chi connectivity index (χ0n) is 9.95. The molecule has 1 aromatic carbocycles. The van der Waals surface area contributed by atoms with E-state index in [4.69, 9.17) is 11.6 Å². The van der Waals surface area contributed by atoms with Gasteiger partial charge in [-0.25, -0.2) is 8.42 Å². The van der Waals surface area contributed by atoms with Crippen molar-refractivity contribution in [3.05, 3.63) is 29.8 Å². The molecule has 1 aromatic rings. The summed E-state index contributed by atoms with van der Waals surface area (Å²) in [5.41, 5.74) is 2.02. The van der Waals surface area contributed by atoms with Gasteiger partial charge in [-0.15, -0.1) is 11.6 Å². The fourth-order valence-corrected chi connectivity index (χ4v) is 2.57. The Balaban J connectivity index is 2.41. The van der Waals surface area contributed by atoms with E-state index < -0.39 is 9.84 Å². The van der Waals surface area contributed by atoms with Gasteiger partial charge >= 0.3 is 0 Å². The van der Waals surface area contributed by atoms with Crippen LogP contribution in [0.4, 0.5) is 5.69 Å². The topological polar surface area (TPSA) is 46.2 Å². The Bertz CT molecular complexity index is 446. The summed E-state index contributed by atoms with van der Waals surface area (Å²) in [7, 11) is -2.86. The molecule has 0 aliphatic heterocycles. The average Bonchev–Trinajstić information content (AvgIpc) is 2.35. The van der Waals surface area contributed by atoms with Crippen LogP contribution in [-0.4, -0.2) is 26.5 Å². The Morgan fingerprint density at radius 3 is 2.65 bits per heavy atom. The zero-order valence-corrected chi connectivity index (χ0v) is 11.5. The van der Waals surface area contributed by atoms with Crippen LogP contribution in [0, 0.1) is 0 Å². The van der Waals surface area contributed by atoms with Gasteiger partial charge in [0.15, 0.2) is 0 Å². The van der Waals surface area contributed by atoms with Gasteiger partial charge in [-0.2, -0.15) is 0 Å². The first-order valence-corrected chi connectivity index (χ1v) is 8.03. The third kappa shape index (κ3) is 4.96. The highest BCUT2D eigenvalue weighted by molar-refractivity contribution is 7.91. The number of rotatable bonds is 7. The van der Waals surface area contributed by atoms with E-state index in [1.165, 1.54) is 0 Å². The molecule has 0 saturated heterocycles. The number of hydrogen-bond acceptors (Lipinski definition) is 3. The smallest absolute Gasteiger partial charge is 0.150 e. The lowest BCUT2D eigenvalue weighted by Gasteiger charge is -2.09. The number of halogens is 1. The van der Waals surface area contributed by atoms with Crippen molar-refractivity contribution in [3.63, 3.8) is 0 Å². The molecule has 0 amide bonds. The van der Waals surface area contributed by atoms with Crippen molar-refractivity contribution in [2.75, 3.05) is 23.4 Å². The molecule has 0 fully saturated rings. The van der Waals surface area contributed by atoms with Crippen LogP contribution in [0.1, 0.15) is 18.9 Å². The summed E-state index contributed by atoms with van der Waals surface area (Å²) in [6, 6.07) is 7.77. The molecule has 0 aliphatic carbocycles. The summed E-state index contributed by atoms with van der Waals surface area (Å²) < 4.78 is 22.6. The summed E-state index contributed by atoms with van der Waals surface area (Å²) in [6.45, 7) is 2.32. The first-order valence-electron chi connectivity index (χ1n) is 5.67. The monoisotopic (exact) mass is 275 g/mol. The second-order valence-electron chi connectivity index (χ2n) is 3.81. The van der Waals surface area contributed by atoms with Gasteiger partial charge in [0.05, 0.1) is 5.75 Å². The van der Waals surface area contributed by atoms with E-state index in [-0.39, 0.29) is 11.5 Å². The molecule has 0 unspecified atom stereocenters. The highest BCUT2D eigenvalue weighted by Crippen LogP contribution is 2.16. The van der Waals surface area contributed by atoms with Crippen molar-refractivity contribution < 1.29 is 8.42 Å². The maximum atomic E-state index is 11.3. The number of hydrogen-bond donors (Lipinski definition) is 1. The molecule has 0 heterocycles. The second kappa shape index (κ2) is 6.87. The number of sulfone groups is 1. The van der Waals surface area contributed by atoms with Crippen LogP contribution in [0.5, 0.6) is 0 Å². The number of benzene rings is 1. The summed E-state index contributed by atoms with van der Waals surface area (Å²) in [6.07, 6.45) is 0.618. The molecule has 0 atom stereocenters. The van der Waals surface area contributed by atoms with Crippen molar-refractivity contribution in [1.82, 2.24) is 0 Å². The maximum Gasteiger partial charge on any atom is 0.150 e. The average molecular weight is 276 g/mol. The third-order valence-corrected chi connectivity index (χ3v) is 4.63. The molecule has 96 valence electrons. The molecule has 0 bridgehead atoms. The Hall–Kier alpha value is -0.740. The molecule has 0 spiro atoms. The number of alkyl halides is 1. The van der Waals surface area contributed by atoms with Gasteiger partial charge in [0, 0.05) is 23.9 Å². The molecular weight excluding hydrogens is 258 g/mol. The highest BCUT2D eigenvalue weighted by atomic mass is 35.5. The molecule has 3 nitrogen and oxygen atoms in total. The molecule has 1 N–H and O–H groups in total. The van der Waals surface area contributed by atoms with Crippen LogP contribution >= 0.6 is 11.6 Å². The summed E-state index contributed by atoms with van der Waals surface area (Å²) >= 11 is 5.80. The standard InChI is InChI=1S/C12H18ClNO2S/c1-2-17(15,16)9-5-8-14-12-7-4-3-6-11(12)10-13/h3-4,6-7,14H,2,5,8-10H2,1H3. The van der Waals surface area contributed by atoms with Gasteiger partial charge in [0.2, 0.25) is 0 Å². The van der Waals surface area contributed by atoms with Crippen molar-refractivity contribution in [1.29, 1.82) is 0 Å². The predicted octanol–water partition coefficient (Wildman–Crippen LogP) is 2.66. The van der Waals surface area contributed by atoms with Crippen LogP contribution in [0.3, 0.4) is 0 Å². The number of anilines is 1. The normalized spacial score (nSPS) is 11.4. The molecule has 1 rings (SSSR count). The van der Waals surface area contributed by atoms with Gasteiger partial charge in [-0.1, -0.05) is 25.1 Å². The Labute approximate surface area is 108 Å². The molecule has 17 heavy (non-hydrogen) atoms. The van der Waals surface area contributed by atoms with Crippen molar-refractivity contribution in [2.45, 2.75) is 19.2 Å². The fourth-order valence-electron chi connectivity index (χ4n) is 1.47. The largest absolute Gasteiger partial charge is 0.385 e. The lowest BCUT2D eigenvalue weighted by Crippen LogP contribution is -2.13. The number of nitrogens with one attached hydrogen (secondary N) is 1. The van der Waals surface area contributed by atoms with Crippen LogP contribution in [0.15, 0.2) is 24.3 Å². The van der Waals surface area contributed by atoms with Crippen molar-refractivity contribution >= 4 is 27.1 Å². The minimum absolute atomic E-state index is 0.214. The summed E-state index contributed by atoms with van der Waals surface area (Å²) in [5, 5.41) is 3.21. The quantitative estimate of drug-likeness (QED) is 0.615. The van der Waals surface area contributed by atoms with Crippen molar-refractivity contribution in [3.8, 4) is 0 Å². The Morgan fingerprint density at radius 2 is 2.00 bits per heavy atom. The van der Waals surface area contributed by atoms with E-state index in [0.29, 0.717) is 18.8 Å². The lowest BCUT2D eigenvalue weighted by molar-refractivity contribution is 0.595. The molecule has 0 saturated carbocycles. The van der Waals surface area contributed by atoms with E-state index in [1.807, 2.05) is 24.3 Å². The van der Waals surface area contributed by atoms with Crippen LogP contribution in [0.2, 0.25) is 0 Å². The van der Waals surface area contributed by atoms with E-state index in [2.05, 4.69) is 5.32 Å². The first kappa shape index (κ1) is 14.3. The van der Waals surface area contributed by atoms with Gasteiger partial charge in [0.1, 0.15) is 9.84 Å². The molecule has 5 heteroatoms. The summed E-state index contributed by atoms with van der Waals surface area (Å²) in [4.78, 5) is 0. The third-order valence-electron chi connectivity index (χ3n) is 2.55. The van der Waals surface area contributed by atoms with Gasteiger partial charge < -0.3 is 5.32 Å². The molecular formula is C12H18ClNO2S. The van der Waals surface area contributed by atoms with E-state index in [0.717, 1.165) is 11.3 Å². The van der Waals surface area contributed by atoms with Crippen LogP contribution in [0.25, 0.3) is 0 Å². The highest BCUT2D eigenvalue weighted by Gasteiger charge is 2.06. The SMILES string of the molecule is CCS(=O)(=O)CCCNc1ccccc1CCl. The zero-order chi connectivity index (χ0) is 12.7. The van der Waals surface area contributed by atoms with Gasteiger partial charge in [-0.3, -0.25) is 0 Å². The van der Waals surface area contributed by atoms with Gasteiger partial charge in [0.25, 0.3) is 0 Å². The van der Waals surface area contributed by atoms with Gasteiger partial charge in [-0.05, 0) is 18.1 Å². The van der Waals surface area contributed by atoms with Crippen LogP contribution < -0.4 is 5.32 Å². The fraction of sp³-hybridized carbons (Fsp3) is 0.500. The molecule has 0 aliphatic rings. The number of para-hydroxylation sites is 1. The van der Waals surface area contributed by atoms with E-state index in [1.54, 1.807) is 6.92 Å². The second-order valence-corrected chi connectivity index (χ2v) is 6.55. The van der Waals surface area contributed by atoms with E-state index in [9.17, 15) is 8.42 Å². The van der Waals surface area contributed by atoms with Crippen molar-refractivity contribution in [2.24, 2.45) is 0 Å².